The number of hydrogen-bond acceptors (Lipinski definition) is 6. The maximum absolute atomic E-state index is 12.5. The molecular weight excluding hydrogens is 510 g/mol. The highest BCUT2D eigenvalue weighted by Crippen LogP contribution is 2.33. The van der Waals surface area contributed by atoms with Gasteiger partial charge >= 0.3 is 0 Å². The Morgan fingerprint density at radius 1 is 0.854 bits per heavy atom. The molecule has 2 aromatic carbocycles. The standard InChI is InChI=1S/C33H29N7O/c41-33-30-26(13-17-35-33)20-27(23-6-2-1-3-7-23)29(36-30)24-11-9-22(10-12-24)21-40-18-14-25(15-19-40)31-37-32(39-38-31)28-8-4-5-16-34-28/h1-13,16-17,20,25H,14-15,18-19,21H2,(H,35,41)(H,37,38,39). The minimum atomic E-state index is -0.179. The van der Waals surface area contributed by atoms with Gasteiger partial charge in [-0.1, -0.05) is 60.7 Å². The van der Waals surface area contributed by atoms with Crippen molar-refractivity contribution < 1.29 is 0 Å². The first-order chi connectivity index (χ1) is 20.2. The highest BCUT2D eigenvalue weighted by atomic mass is 16.1. The first-order valence-electron chi connectivity index (χ1n) is 13.9. The van der Waals surface area contributed by atoms with Gasteiger partial charge in [0.25, 0.3) is 5.56 Å². The Labute approximate surface area is 237 Å². The van der Waals surface area contributed by atoms with E-state index in [1.807, 2.05) is 42.5 Å². The molecule has 8 nitrogen and oxygen atoms in total. The van der Waals surface area contributed by atoms with E-state index in [1.165, 1.54) is 5.56 Å². The number of likely N-dealkylation sites (tertiary alicyclic amines) is 1. The van der Waals surface area contributed by atoms with Crippen LogP contribution in [0.1, 0.15) is 30.1 Å². The predicted octanol–water partition coefficient (Wildman–Crippen LogP) is 5.82. The first kappa shape index (κ1) is 25.0. The zero-order chi connectivity index (χ0) is 27.6. The van der Waals surface area contributed by atoms with E-state index in [-0.39, 0.29) is 5.56 Å². The second-order valence-electron chi connectivity index (χ2n) is 10.5. The molecule has 0 bridgehead atoms. The summed E-state index contributed by atoms with van der Waals surface area (Å²) in [5.41, 5.74) is 6.22. The van der Waals surface area contributed by atoms with E-state index >= 15 is 0 Å². The van der Waals surface area contributed by atoms with Crippen LogP contribution in [0.15, 0.2) is 102 Å². The van der Waals surface area contributed by atoms with Gasteiger partial charge in [-0.2, -0.15) is 5.10 Å². The van der Waals surface area contributed by atoms with Crippen LogP contribution in [0.5, 0.6) is 0 Å². The molecular formula is C33H29N7O. The number of hydrogen-bond donors (Lipinski definition) is 2. The summed E-state index contributed by atoms with van der Waals surface area (Å²) in [6.45, 7) is 2.87. The third kappa shape index (κ3) is 5.17. The van der Waals surface area contributed by atoms with E-state index < -0.39 is 0 Å². The van der Waals surface area contributed by atoms with Crippen LogP contribution >= 0.6 is 0 Å². The monoisotopic (exact) mass is 539 g/mol. The summed E-state index contributed by atoms with van der Waals surface area (Å²) in [5.74, 6) is 1.95. The summed E-state index contributed by atoms with van der Waals surface area (Å²) in [5, 5.41) is 8.38. The van der Waals surface area contributed by atoms with Crippen LogP contribution in [0.2, 0.25) is 0 Å². The van der Waals surface area contributed by atoms with Crippen LogP contribution in [0.3, 0.4) is 0 Å². The van der Waals surface area contributed by atoms with Gasteiger partial charge in [-0.25, -0.2) is 9.97 Å². The highest BCUT2D eigenvalue weighted by molar-refractivity contribution is 5.91. The maximum Gasteiger partial charge on any atom is 0.274 e. The zero-order valence-corrected chi connectivity index (χ0v) is 22.5. The molecule has 0 saturated carbocycles. The average Bonchev–Trinajstić information content (AvgIpc) is 3.53. The summed E-state index contributed by atoms with van der Waals surface area (Å²) in [7, 11) is 0. The molecule has 1 aliphatic rings. The second-order valence-corrected chi connectivity index (χ2v) is 10.5. The Bertz CT molecular complexity index is 1840. The van der Waals surface area contributed by atoms with Gasteiger partial charge in [0.1, 0.15) is 11.2 Å². The second kappa shape index (κ2) is 10.9. The molecule has 5 heterocycles. The third-order valence-corrected chi connectivity index (χ3v) is 7.83. The number of nitrogens with zero attached hydrogens (tertiary/aromatic N) is 5. The molecule has 0 aliphatic carbocycles. The number of nitrogens with one attached hydrogen (secondary N) is 2. The Balaban J connectivity index is 1.06. The summed E-state index contributed by atoms with van der Waals surface area (Å²) < 4.78 is 0. The Kier molecular flexibility index (Phi) is 6.66. The van der Waals surface area contributed by atoms with Crippen molar-refractivity contribution in [1.29, 1.82) is 0 Å². The van der Waals surface area contributed by atoms with E-state index in [0.29, 0.717) is 11.4 Å². The van der Waals surface area contributed by atoms with Gasteiger partial charge in [0, 0.05) is 41.4 Å². The molecule has 0 unspecified atom stereocenters. The summed E-state index contributed by atoms with van der Waals surface area (Å²) in [6, 6.07) is 28.5. The van der Waals surface area contributed by atoms with Crippen LogP contribution < -0.4 is 5.56 Å². The molecule has 202 valence electrons. The number of benzene rings is 2. The first-order valence-corrected chi connectivity index (χ1v) is 13.9. The van der Waals surface area contributed by atoms with E-state index in [4.69, 9.17) is 9.97 Å². The van der Waals surface area contributed by atoms with Crippen molar-refractivity contribution in [3.63, 3.8) is 0 Å². The van der Waals surface area contributed by atoms with Crippen molar-refractivity contribution in [1.82, 2.24) is 35.0 Å². The fourth-order valence-electron chi connectivity index (χ4n) is 5.62. The minimum Gasteiger partial charge on any atom is -0.327 e. The summed E-state index contributed by atoms with van der Waals surface area (Å²) in [6.07, 6.45) is 5.48. The van der Waals surface area contributed by atoms with Gasteiger partial charge in [0.15, 0.2) is 11.6 Å². The number of fused-ring (bicyclic) bond motifs is 1. The van der Waals surface area contributed by atoms with Crippen molar-refractivity contribution >= 4 is 10.9 Å². The van der Waals surface area contributed by atoms with Gasteiger partial charge in [-0.05, 0) is 61.3 Å². The lowest BCUT2D eigenvalue weighted by molar-refractivity contribution is 0.202. The number of rotatable bonds is 6. The lowest BCUT2D eigenvalue weighted by Gasteiger charge is -2.30. The maximum atomic E-state index is 12.5. The lowest BCUT2D eigenvalue weighted by atomic mass is 9.95. The van der Waals surface area contributed by atoms with E-state index in [9.17, 15) is 4.79 Å². The fraction of sp³-hybridized carbons (Fsp3) is 0.182. The van der Waals surface area contributed by atoms with Crippen molar-refractivity contribution in [2.24, 2.45) is 0 Å². The Morgan fingerprint density at radius 3 is 2.44 bits per heavy atom. The average molecular weight is 540 g/mol. The summed E-state index contributed by atoms with van der Waals surface area (Å²) >= 11 is 0. The highest BCUT2D eigenvalue weighted by Gasteiger charge is 2.24. The molecule has 0 spiro atoms. The lowest BCUT2D eigenvalue weighted by Crippen LogP contribution is -2.32. The molecule has 1 saturated heterocycles. The van der Waals surface area contributed by atoms with Crippen molar-refractivity contribution in [3.8, 4) is 33.9 Å². The normalized spacial score (nSPS) is 14.4. The third-order valence-electron chi connectivity index (χ3n) is 7.83. The quantitative estimate of drug-likeness (QED) is 0.277. The molecule has 41 heavy (non-hydrogen) atoms. The molecule has 7 rings (SSSR count). The molecule has 0 amide bonds. The number of piperidine rings is 1. The van der Waals surface area contributed by atoms with E-state index in [2.05, 4.69) is 67.5 Å². The number of H-pyrrole nitrogens is 2. The number of aromatic nitrogens is 6. The molecule has 8 heteroatoms. The zero-order valence-electron chi connectivity index (χ0n) is 22.5. The topological polar surface area (TPSA) is 103 Å². The smallest absolute Gasteiger partial charge is 0.274 e. The van der Waals surface area contributed by atoms with Crippen LogP contribution in [-0.4, -0.2) is 48.1 Å². The van der Waals surface area contributed by atoms with Crippen LogP contribution in [0.25, 0.3) is 44.8 Å². The molecule has 6 aromatic rings. The molecule has 0 atom stereocenters. The number of pyridine rings is 3. The van der Waals surface area contributed by atoms with Crippen LogP contribution in [0, 0.1) is 0 Å². The largest absolute Gasteiger partial charge is 0.327 e. The molecule has 0 radical (unpaired) electrons. The van der Waals surface area contributed by atoms with Gasteiger partial charge in [0.05, 0.1) is 5.69 Å². The van der Waals surface area contributed by atoms with Gasteiger partial charge < -0.3 is 4.98 Å². The predicted molar refractivity (Wildman–Crippen MR) is 160 cm³/mol. The SMILES string of the molecule is O=c1[nH]ccc2cc(-c3ccccc3)c(-c3ccc(CN4CCC(c5n[nH]c(-c6ccccn6)n5)CC4)cc3)nc12. The van der Waals surface area contributed by atoms with Crippen LogP contribution in [0.4, 0.5) is 0 Å². The Morgan fingerprint density at radius 2 is 1.66 bits per heavy atom. The minimum absolute atomic E-state index is 0.179. The van der Waals surface area contributed by atoms with Crippen molar-refractivity contribution in [3.05, 3.63) is 119 Å². The van der Waals surface area contributed by atoms with Gasteiger partial charge in [-0.15, -0.1) is 0 Å². The van der Waals surface area contributed by atoms with Gasteiger partial charge in [0.2, 0.25) is 0 Å². The molecule has 2 N–H and O–H groups in total. The summed E-state index contributed by atoms with van der Waals surface area (Å²) in [4.78, 5) is 31.7. The van der Waals surface area contributed by atoms with E-state index in [0.717, 1.165) is 77.6 Å². The number of aromatic amines is 2. The molecule has 4 aromatic heterocycles. The van der Waals surface area contributed by atoms with E-state index in [1.54, 1.807) is 12.4 Å². The molecule has 1 aliphatic heterocycles. The fourth-order valence-corrected chi connectivity index (χ4v) is 5.62. The van der Waals surface area contributed by atoms with Crippen molar-refractivity contribution in [2.75, 3.05) is 13.1 Å². The van der Waals surface area contributed by atoms with Crippen LogP contribution in [-0.2, 0) is 6.54 Å². The van der Waals surface area contributed by atoms with Gasteiger partial charge in [-0.3, -0.25) is 19.8 Å². The molecule has 1 fully saturated rings. The Hall–Kier alpha value is -4.95. The van der Waals surface area contributed by atoms with Crippen molar-refractivity contribution in [2.45, 2.75) is 25.3 Å².